The van der Waals surface area contributed by atoms with Crippen molar-refractivity contribution in [2.24, 2.45) is 0 Å². The van der Waals surface area contributed by atoms with E-state index in [1.165, 1.54) is 0 Å². The van der Waals surface area contributed by atoms with Crippen LogP contribution >= 0.6 is 0 Å². The zero-order valence-electron chi connectivity index (χ0n) is 29.2. The Morgan fingerprint density at radius 2 is 1.15 bits per heavy atom. The minimum absolute atomic E-state index is 0.220. The first-order valence-corrected chi connectivity index (χ1v) is 18.6. The fraction of sp³-hybridized carbons (Fsp3) is 0.400. The largest absolute Gasteiger partial charge is 0.453 e. The topological polar surface area (TPSA) is 105 Å². The number of benzene rings is 2. The molecule has 2 atom stereocenters. The molecule has 6 aromatic rings. The Labute approximate surface area is 301 Å². The van der Waals surface area contributed by atoms with Crippen LogP contribution in [0.3, 0.4) is 0 Å². The second-order valence-corrected chi connectivity index (χ2v) is 14.2. The molecule has 8 heterocycles. The molecule has 0 bridgehead atoms. The van der Waals surface area contributed by atoms with E-state index in [-0.39, 0.29) is 12.1 Å². The van der Waals surface area contributed by atoms with E-state index < -0.39 is 0 Å². The van der Waals surface area contributed by atoms with E-state index in [4.69, 9.17) is 29.1 Å². The summed E-state index contributed by atoms with van der Waals surface area (Å²) < 4.78 is 28.3. The van der Waals surface area contributed by atoms with E-state index in [1.807, 2.05) is 37.2 Å². The number of hydrogen-bond donors (Lipinski definition) is 0. The third-order valence-electron chi connectivity index (χ3n) is 11.1. The third-order valence-corrected chi connectivity index (χ3v) is 11.1. The molecule has 0 N–H and O–H groups in total. The van der Waals surface area contributed by atoms with E-state index in [0.717, 1.165) is 145 Å². The van der Waals surface area contributed by atoms with Crippen LogP contribution in [0.1, 0.15) is 37.8 Å². The predicted molar refractivity (Wildman–Crippen MR) is 198 cm³/mol. The zero-order valence-corrected chi connectivity index (χ0v) is 29.2. The summed E-state index contributed by atoms with van der Waals surface area (Å²) in [5.74, 6) is 1.63. The van der Waals surface area contributed by atoms with Gasteiger partial charge in [0.1, 0.15) is 0 Å². The smallest absolute Gasteiger partial charge is 0.151 e. The van der Waals surface area contributed by atoms with Crippen LogP contribution in [0, 0.1) is 0 Å². The minimum atomic E-state index is 0.220. The Balaban J connectivity index is 1.02. The average molecular weight is 699 g/mol. The SMILES string of the molecule is c1cc2c(cc1-c1cncc3c1cnn3C1CCCOC1)Oc1cc(-c3cncc4c3cnn4C3CCCOC3)ccc1N2CCN1CCOCC1. The van der Waals surface area contributed by atoms with Crippen LogP contribution in [0.15, 0.2) is 73.6 Å². The zero-order chi connectivity index (χ0) is 34.4. The lowest BCUT2D eigenvalue weighted by molar-refractivity contribution is 0.0394. The molecule has 52 heavy (non-hydrogen) atoms. The molecule has 10 rings (SSSR count). The van der Waals surface area contributed by atoms with E-state index in [9.17, 15) is 0 Å². The van der Waals surface area contributed by atoms with Crippen molar-refractivity contribution in [3.63, 3.8) is 0 Å². The van der Waals surface area contributed by atoms with E-state index in [1.54, 1.807) is 0 Å². The maximum absolute atomic E-state index is 6.86. The summed E-state index contributed by atoms with van der Waals surface area (Å²) in [6.07, 6.45) is 15.8. The molecule has 0 radical (unpaired) electrons. The van der Waals surface area contributed by atoms with Crippen LogP contribution < -0.4 is 9.64 Å². The molecular formula is C40H42N8O4. The molecule has 3 saturated heterocycles. The maximum atomic E-state index is 6.86. The Morgan fingerprint density at radius 1 is 0.596 bits per heavy atom. The first-order valence-electron chi connectivity index (χ1n) is 18.6. The molecule has 12 heteroatoms. The number of hydrogen-bond acceptors (Lipinski definition) is 10. The van der Waals surface area contributed by atoms with Gasteiger partial charge in [0.2, 0.25) is 0 Å². The van der Waals surface area contributed by atoms with E-state index in [2.05, 4.69) is 65.5 Å². The van der Waals surface area contributed by atoms with Crippen molar-refractivity contribution in [3.05, 3.63) is 73.6 Å². The molecule has 4 aromatic heterocycles. The fourth-order valence-corrected chi connectivity index (χ4v) is 8.32. The van der Waals surface area contributed by atoms with Crippen molar-refractivity contribution in [2.75, 3.05) is 70.7 Å². The summed E-state index contributed by atoms with van der Waals surface area (Å²) in [4.78, 5) is 14.2. The second kappa shape index (κ2) is 13.6. The number of fused-ring (bicyclic) bond motifs is 4. The lowest BCUT2D eigenvalue weighted by Crippen LogP contribution is -2.41. The van der Waals surface area contributed by atoms with E-state index in [0.29, 0.717) is 13.2 Å². The highest BCUT2D eigenvalue weighted by Crippen LogP contribution is 2.49. The average Bonchev–Trinajstić information content (AvgIpc) is 3.85. The molecule has 0 amide bonds. The monoisotopic (exact) mass is 698 g/mol. The summed E-state index contributed by atoms with van der Waals surface area (Å²) in [5, 5.41) is 11.8. The normalized spacial score (nSPS) is 20.9. The van der Waals surface area contributed by atoms with Gasteiger partial charge in [-0.25, -0.2) is 0 Å². The summed E-state index contributed by atoms with van der Waals surface area (Å²) in [5.41, 5.74) is 8.29. The quantitative estimate of drug-likeness (QED) is 0.177. The minimum Gasteiger partial charge on any atom is -0.453 e. The van der Waals surface area contributed by atoms with Gasteiger partial charge >= 0.3 is 0 Å². The van der Waals surface area contributed by atoms with Crippen molar-refractivity contribution in [2.45, 2.75) is 37.8 Å². The fourth-order valence-electron chi connectivity index (χ4n) is 8.32. The number of rotatable bonds is 7. The van der Waals surface area contributed by atoms with Crippen molar-refractivity contribution in [1.82, 2.24) is 34.4 Å². The highest BCUT2D eigenvalue weighted by Gasteiger charge is 2.28. The summed E-state index contributed by atoms with van der Waals surface area (Å²) >= 11 is 0. The van der Waals surface area contributed by atoms with Gasteiger partial charge in [0.05, 0.1) is 85.7 Å². The number of nitrogens with zero attached hydrogens (tertiary/aromatic N) is 8. The number of morpholine rings is 1. The Morgan fingerprint density at radius 3 is 1.67 bits per heavy atom. The molecule has 0 aliphatic carbocycles. The maximum Gasteiger partial charge on any atom is 0.151 e. The molecule has 2 aromatic carbocycles. The van der Waals surface area contributed by atoms with Crippen LogP contribution in [-0.2, 0) is 14.2 Å². The molecule has 266 valence electrons. The number of anilines is 2. The van der Waals surface area contributed by atoms with Crippen LogP contribution in [0.25, 0.3) is 44.1 Å². The molecule has 0 saturated carbocycles. The summed E-state index contributed by atoms with van der Waals surface area (Å²) in [6.45, 7) is 8.17. The van der Waals surface area contributed by atoms with Gasteiger partial charge in [0, 0.05) is 73.7 Å². The van der Waals surface area contributed by atoms with Gasteiger partial charge in [0.15, 0.2) is 11.5 Å². The predicted octanol–water partition coefficient (Wildman–Crippen LogP) is 6.79. The molecule has 4 aliphatic rings. The van der Waals surface area contributed by atoms with Gasteiger partial charge in [-0.15, -0.1) is 0 Å². The molecule has 0 spiro atoms. The molecule has 2 unspecified atom stereocenters. The lowest BCUT2D eigenvalue weighted by atomic mass is 10.0. The molecular weight excluding hydrogens is 656 g/mol. The van der Waals surface area contributed by atoms with E-state index >= 15 is 0 Å². The Kier molecular flexibility index (Phi) is 8.32. The van der Waals surface area contributed by atoms with Gasteiger partial charge in [-0.3, -0.25) is 24.2 Å². The summed E-state index contributed by atoms with van der Waals surface area (Å²) in [7, 11) is 0. The van der Waals surface area contributed by atoms with Gasteiger partial charge in [-0.2, -0.15) is 10.2 Å². The van der Waals surface area contributed by atoms with Gasteiger partial charge < -0.3 is 23.8 Å². The second-order valence-electron chi connectivity index (χ2n) is 14.2. The van der Waals surface area contributed by atoms with Crippen LogP contribution in [-0.4, -0.2) is 100 Å². The molecule has 12 nitrogen and oxygen atoms in total. The van der Waals surface area contributed by atoms with Crippen LogP contribution in [0.5, 0.6) is 11.5 Å². The van der Waals surface area contributed by atoms with Crippen molar-refractivity contribution in [3.8, 4) is 33.8 Å². The number of pyridine rings is 2. The summed E-state index contributed by atoms with van der Waals surface area (Å²) in [6, 6.07) is 13.5. The third kappa shape index (κ3) is 5.70. The highest BCUT2D eigenvalue weighted by molar-refractivity contribution is 5.96. The Bertz CT molecular complexity index is 2090. The van der Waals surface area contributed by atoms with Gasteiger partial charge in [-0.1, -0.05) is 12.1 Å². The van der Waals surface area contributed by atoms with Crippen LogP contribution in [0.4, 0.5) is 11.4 Å². The highest BCUT2D eigenvalue weighted by atomic mass is 16.5. The van der Waals surface area contributed by atoms with Crippen molar-refractivity contribution >= 4 is 33.2 Å². The number of aromatic nitrogens is 6. The molecule has 4 aliphatic heterocycles. The van der Waals surface area contributed by atoms with Gasteiger partial charge in [-0.05, 0) is 61.1 Å². The number of ether oxygens (including phenoxy) is 4. The molecule has 3 fully saturated rings. The standard InChI is InChI=1S/C40H42N8O4/c1-3-29(25-50-13-1)47-37-23-41-19-31(33(37)21-43-47)27-5-7-35-39(17-27)52-40-18-28(6-8-36(40)46(35)10-9-45-11-15-49-16-12-45)32-20-42-24-38-34(32)22-44-48(38)30-4-2-14-51-26-30/h5-8,17-24,29-30H,1-4,9-16,25-26H2. The van der Waals surface area contributed by atoms with Crippen molar-refractivity contribution < 1.29 is 18.9 Å². The van der Waals surface area contributed by atoms with Gasteiger partial charge in [0.25, 0.3) is 0 Å². The first-order chi connectivity index (χ1) is 25.8. The first kappa shape index (κ1) is 31.8. The van der Waals surface area contributed by atoms with Crippen LogP contribution in [0.2, 0.25) is 0 Å². The Hall–Kier alpha value is -4.88. The van der Waals surface area contributed by atoms with Crippen molar-refractivity contribution in [1.29, 1.82) is 0 Å². The lowest BCUT2D eigenvalue weighted by Gasteiger charge is -2.35.